The van der Waals surface area contributed by atoms with E-state index in [1.54, 1.807) is 12.3 Å². The molecule has 14 heteroatoms. The highest BCUT2D eigenvalue weighted by Gasteiger charge is 2.44. The third kappa shape index (κ3) is 7.48. The largest absolute Gasteiger partial charge is 0.573 e. The van der Waals surface area contributed by atoms with E-state index in [0.29, 0.717) is 24.1 Å². The zero-order valence-corrected chi connectivity index (χ0v) is 25.6. The highest BCUT2D eigenvalue weighted by atomic mass is 19.4. The molecule has 5 heterocycles. The number of aromatic nitrogens is 5. The SMILES string of the molecule is CCOC(=O)C1CCCC2(CCN(c3cc(Nc4cc(OC(F)(F)F)ccn4)nc(-c4cnn(C5CCN(C)CC5)c4)n3)C2)C1. The van der Waals surface area contributed by atoms with Crippen LogP contribution < -0.4 is 15.0 Å². The van der Waals surface area contributed by atoms with E-state index in [0.717, 1.165) is 82.8 Å². The lowest BCUT2D eigenvalue weighted by Crippen LogP contribution is -2.35. The summed E-state index contributed by atoms with van der Waals surface area (Å²) in [5.74, 6) is 1.07. The van der Waals surface area contributed by atoms with Gasteiger partial charge >= 0.3 is 12.3 Å². The van der Waals surface area contributed by atoms with Gasteiger partial charge in [0.25, 0.3) is 0 Å². The molecule has 6 rings (SSSR count). The number of rotatable bonds is 8. The van der Waals surface area contributed by atoms with Crippen molar-refractivity contribution >= 4 is 23.4 Å². The van der Waals surface area contributed by atoms with Crippen LogP contribution in [0.15, 0.2) is 36.8 Å². The molecule has 2 unspecified atom stereocenters. The molecule has 45 heavy (non-hydrogen) atoms. The van der Waals surface area contributed by atoms with Crippen LogP contribution in [0.5, 0.6) is 5.75 Å². The van der Waals surface area contributed by atoms with Crippen molar-refractivity contribution in [1.82, 2.24) is 29.6 Å². The highest BCUT2D eigenvalue weighted by Crippen LogP contribution is 2.47. The van der Waals surface area contributed by atoms with Crippen LogP contribution in [0.1, 0.15) is 57.9 Å². The van der Waals surface area contributed by atoms with Crippen LogP contribution in [0.3, 0.4) is 0 Å². The van der Waals surface area contributed by atoms with Gasteiger partial charge in [-0.2, -0.15) is 5.10 Å². The van der Waals surface area contributed by atoms with Crippen LogP contribution in [0.4, 0.5) is 30.6 Å². The predicted molar refractivity (Wildman–Crippen MR) is 161 cm³/mol. The van der Waals surface area contributed by atoms with Gasteiger partial charge in [0.1, 0.15) is 23.2 Å². The third-order valence-corrected chi connectivity index (χ3v) is 9.18. The van der Waals surface area contributed by atoms with Crippen molar-refractivity contribution in [3.8, 4) is 17.1 Å². The number of hydrogen-bond acceptors (Lipinski definition) is 10. The van der Waals surface area contributed by atoms with Gasteiger partial charge in [-0.3, -0.25) is 9.48 Å². The first-order chi connectivity index (χ1) is 21.6. The number of alkyl halides is 3. The van der Waals surface area contributed by atoms with Gasteiger partial charge in [-0.1, -0.05) is 6.42 Å². The number of ether oxygens (including phenoxy) is 2. The molecule has 242 valence electrons. The summed E-state index contributed by atoms with van der Waals surface area (Å²) in [4.78, 5) is 31.0. The standard InChI is InChI=1S/C31H39F3N8O3/c1-3-44-29(43)21-5-4-9-30(17-21)10-14-41(20-30)27-16-26(37-25-15-24(6-11-35-25)45-31(32,33)34)38-28(39-27)22-18-36-42(19-22)23-7-12-40(2)13-8-23/h6,11,15-16,18-19,21,23H,3-5,7-10,12-14,17,20H2,1-2H3,(H,35,37,38,39). The molecule has 0 amide bonds. The van der Waals surface area contributed by atoms with Gasteiger partial charge in [0, 0.05) is 37.6 Å². The average molecular weight is 629 g/mol. The monoisotopic (exact) mass is 628 g/mol. The lowest BCUT2D eigenvalue weighted by Gasteiger charge is -2.37. The summed E-state index contributed by atoms with van der Waals surface area (Å²) in [7, 11) is 2.12. The van der Waals surface area contributed by atoms with E-state index in [1.165, 1.54) is 12.3 Å². The fraction of sp³-hybridized carbons (Fsp3) is 0.581. The number of halogens is 3. The first kappa shape index (κ1) is 31.1. The number of nitrogens with zero attached hydrogens (tertiary/aromatic N) is 7. The van der Waals surface area contributed by atoms with Crippen molar-refractivity contribution in [1.29, 1.82) is 0 Å². The van der Waals surface area contributed by atoms with Gasteiger partial charge in [0.05, 0.1) is 30.3 Å². The van der Waals surface area contributed by atoms with E-state index in [9.17, 15) is 18.0 Å². The zero-order chi connectivity index (χ0) is 31.6. The topological polar surface area (TPSA) is 111 Å². The van der Waals surface area contributed by atoms with Crippen LogP contribution in [-0.2, 0) is 9.53 Å². The van der Waals surface area contributed by atoms with Gasteiger partial charge in [-0.15, -0.1) is 13.2 Å². The summed E-state index contributed by atoms with van der Waals surface area (Å²) in [5.41, 5.74) is 0.730. The Morgan fingerprint density at radius 1 is 1.11 bits per heavy atom. The molecule has 2 saturated heterocycles. The summed E-state index contributed by atoms with van der Waals surface area (Å²) < 4.78 is 50.0. The highest BCUT2D eigenvalue weighted by molar-refractivity contribution is 5.72. The molecule has 0 radical (unpaired) electrons. The molecule has 1 spiro atoms. The second kappa shape index (κ2) is 12.8. The van der Waals surface area contributed by atoms with Crippen molar-refractivity contribution in [3.63, 3.8) is 0 Å². The molecule has 0 aromatic carbocycles. The molecule has 3 aromatic heterocycles. The van der Waals surface area contributed by atoms with Gasteiger partial charge < -0.3 is 24.6 Å². The molecule has 1 saturated carbocycles. The number of pyridine rings is 1. The Morgan fingerprint density at radius 2 is 1.93 bits per heavy atom. The van der Waals surface area contributed by atoms with Crippen LogP contribution in [-0.4, -0.2) is 81.8 Å². The second-order valence-electron chi connectivity index (χ2n) is 12.4. The summed E-state index contributed by atoms with van der Waals surface area (Å²) in [6, 6.07) is 4.39. The minimum Gasteiger partial charge on any atom is -0.466 e. The maximum atomic E-state index is 12.9. The Hall–Kier alpha value is -3.94. The number of carbonyl (C=O) groups excluding carboxylic acids is 1. The predicted octanol–water partition coefficient (Wildman–Crippen LogP) is 5.59. The molecule has 2 atom stereocenters. The van der Waals surface area contributed by atoms with Gasteiger partial charge in [-0.25, -0.2) is 15.0 Å². The summed E-state index contributed by atoms with van der Waals surface area (Å²) in [6.07, 6.45) is 6.69. The van der Waals surface area contributed by atoms with Crippen molar-refractivity contribution in [2.45, 2.75) is 64.3 Å². The van der Waals surface area contributed by atoms with Crippen molar-refractivity contribution in [3.05, 3.63) is 36.8 Å². The van der Waals surface area contributed by atoms with E-state index < -0.39 is 6.36 Å². The van der Waals surface area contributed by atoms with Crippen LogP contribution in [0, 0.1) is 11.3 Å². The second-order valence-corrected chi connectivity index (χ2v) is 12.4. The molecule has 11 nitrogen and oxygen atoms in total. The molecular formula is C31H39F3N8O3. The molecule has 2 aliphatic heterocycles. The van der Waals surface area contributed by atoms with E-state index in [2.05, 4.69) is 37.0 Å². The third-order valence-electron chi connectivity index (χ3n) is 9.18. The van der Waals surface area contributed by atoms with Crippen LogP contribution in [0.2, 0.25) is 0 Å². The molecular weight excluding hydrogens is 589 g/mol. The van der Waals surface area contributed by atoms with E-state index in [4.69, 9.17) is 14.7 Å². The van der Waals surface area contributed by atoms with Gasteiger partial charge in [-0.05, 0) is 77.1 Å². The number of carbonyl (C=O) groups is 1. The molecule has 1 N–H and O–H groups in total. The number of esters is 1. The summed E-state index contributed by atoms with van der Waals surface area (Å²) in [6.45, 7) is 5.70. The summed E-state index contributed by atoms with van der Waals surface area (Å²) >= 11 is 0. The fourth-order valence-corrected chi connectivity index (χ4v) is 6.92. The quantitative estimate of drug-likeness (QED) is 0.317. The first-order valence-electron chi connectivity index (χ1n) is 15.6. The maximum absolute atomic E-state index is 12.9. The Balaban J connectivity index is 1.28. The Bertz CT molecular complexity index is 1490. The van der Waals surface area contributed by atoms with Crippen LogP contribution >= 0.6 is 0 Å². The van der Waals surface area contributed by atoms with E-state index in [-0.39, 0.29) is 34.9 Å². The first-order valence-corrected chi connectivity index (χ1v) is 15.6. The van der Waals surface area contributed by atoms with Crippen molar-refractivity contribution < 1.29 is 27.4 Å². The van der Waals surface area contributed by atoms with E-state index in [1.807, 2.05) is 17.8 Å². The Labute approximate surface area is 260 Å². The summed E-state index contributed by atoms with van der Waals surface area (Å²) in [5, 5.41) is 7.70. The maximum Gasteiger partial charge on any atom is 0.573 e. The fourth-order valence-electron chi connectivity index (χ4n) is 6.92. The Morgan fingerprint density at radius 3 is 2.71 bits per heavy atom. The molecule has 3 aromatic rings. The minimum atomic E-state index is -4.82. The smallest absolute Gasteiger partial charge is 0.466 e. The number of anilines is 3. The number of hydrogen-bond donors (Lipinski definition) is 1. The number of likely N-dealkylation sites (tertiary alicyclic amines) is 1. The molecule has 3 fully saturated rings. The lowest BCUT2D eigenvalue weighted by molar-refractivity contribution is -0.274. The van der Waals surface area contributed by atoms with Gasteiger partial charge in [0.2, 0.25) is 0 Å². The molecule has 3 aliphatic rings. The number of piperidine rings is 1. The lowest BCUT2D eigenvalue weighted by atomic mass is 9.69. The molecule has 1 aliphatic carbocycles. The average Bonchev–Trinajstić information content (AvgIpc) is 3.65. The zero-order valence-electron chi connectivity index (χ0n) is 25.6. The molecule has 0 bridgehead atoms. The minimum absolute atomic E-state index is 0.0156. The normalized spacial score (nSPS) is 23.0. The Kier molecular flexibility index (Phi) is 8.85. The number of nitrogens with one attached hydrogen (secondary N) is 1. The van der Waals surface area contributed by atoms with Crippen LogP contribution in [0.25, 0.3) is 11.4 Å². The van der Waals surface area contributed by atoms with Gasteiger partial charge in [0.15, 0.2) is 5.82 Å². The van der Waals surface area contributed by atoms with Crippen molar-refractivity contribution in [2.24, 2.45) is 11.3 Å². The van der Waals surface area contributed by atoms with Crippen molar-refractivity contribution in [2.75, 3.05) is 50.1 Å². The van der Waals surface area contributed by atoms with E-state index >= 15 is 0 Å².